The highest BCUT2D eigenvalue weighted by Crippen LogP contribution is 2.27. The van der Waals surface area contributed by atoms with Crippen molar-refractivity contribution in [2.75, 3.05) is 0 Å². The zero-order valence-electron chi connectivity index (χ0n) is 6.31. The van der Waals surface area contributed by atoms with E-state index in [2.05, 4.69) is 15.9 Å². The Morgan fingerprint density at radius 3 is 2.50 bits per heavy atom. The molecule has 66 valence electrons. The maximum absolute atomic E-state index is 12.8. The molecule has 0 saturated carbocycles. The van der Waals surface area contributed by atoms with Gasteiger partial charge in [0.1, 0.15) is 0 Å². The minimum Gasteiger partial charge on any atom is -0.389 e. The van der Waals surface area contributed by atoms with Crippen molar-refractivity contribution in [2.45, 2.75) is 13.0 Å². The Balaban J connectivity index is 3.27. The summed E-state index contributed by atoms with van der Waals surface area (Å²) in [6.07, 6.45) is -0.811. The van der Waals surface area contributed by atoms with Crippen LogP contribution < -0.4 is 0 Å². The van der Waals surface area contributed by atoms with E-state index >= 15 is 0 Å². The van der Waals surface area contributed by atoms with Gasteiger partial charge in [-0.25, -0.2) is 8.78 Å². The third-order valence-electron chi connectivity index (χ3n) is 1.52. The second-order valence-corrected chi connectivity index (χ2v) is 3.23. The van der Waals surface area contributed by atoms with Gasteiger partial charge in [-0.05, 0) is 34.5 Å². The van der Waals surface area contributed by atoms with Crippen molar-refractivity contribution >= 4 is 15.9 Å². The Bertz CT molecular complexity index is 299. The molecule has 1 atom stereocenters. The summed E-state index contributed by atoms with van der Waals surface area (Å²) in [5.41, 5.74) is 0.342. The van der Waals surface area contributed by atoms with Gasteiger partial charge < -0.3 is 5.11 Å². The summed E-state index contributed by atoms with van der Waals surface area (Å²) in [5.74, 6) is -1.89. The average Bonchev–Trinajstić information content (AvgIpc) is 2.00. The Morgan fingerprint density at radius 2 is 2.00 bits per heavy atom. The van der Waals surface area contributed by atoms with Crippen molar-refractivity contribution in [3.63, 3.8) is 0 Å². The molecule has 0 aliphatic rings. The van der Waals surface area contributed by atoms with Gasteiger partial charge in [0.2, 0.25) is 0 Å². The van der Waals surface area contributed by atoms with E-state index in [-0.39, 0.29) is 4.47 Å². The van der Waals surface area contributed by atoms with Gasteiger partial charge in [0.15, 0.2) is 11.6 Å². The number of halogens is 3. The second kappa shape index (κ2) is 3.49. The number of benzene rings is 1. The molecule has 0 radical (unpaired) electrons. The minimum absolute atomic E-state index is 0.0162. The molecule has 1 N–H and O–H groups in total. The largest absolute Gasteiger partial charge is 0.389 e. The highest BCUT2D eigenvalue weighted by Gasteiger charge is 2.13. The standard InChI is InChI=1S/C8H7BrF2O/c1-4(12)5-2-3-6(10)8(11)7(5)9/h2-4,12H,1H3. The number of hydrogen-bond donors (Lipinski definition) is 1. The summed E-state index contributed by atoms with van der Waals surface area (Å²) in [5, 5.41) is 9.10. The molecule has 0 fully saturated rings. The highest BCUT2D eigenvalue weighted by atomic mass is 79.9. The smallest absolute Gasteiger partial charge is 0.173 e. The summed E-state index contributed by atoms with van der Waals surface area (Å²) in [6, 6.07) is 2.33. The van der Waals surface area contributed by atoms with Crippen LogP contribution in [0.2, 0.25) is 0 Å². The lowest BCUT2D eigenvalue weighted by atomic mass is 10.1. The Morgan fingerprint density at radius 1 is 1.42 bits per heavy atom. The van der Waals surface area contributed by atoms with E-state index < -0.39 is 17.7 Å². The number of rotatable bonds is 1. The number of aliphatic hydroxyl groups excluding tert-OH is 1. The second-order valence-electron chi connectivity index (χ2n) is 2.44. The van der Waals surface area contributed by atoms with Gasteiger partial charge in [0.25, 0.3) is 0 Å². The molecule has 4 heteroatoms. The van der Waals surface area contributed by atoms with E-state index in [1.807, 2.05) is 0 Å². The molecule has 1 rings (SSSR count). The predicted octanol–water partition coefficient (Wildman–Crippen LogP) is 2.78. The van der Waals surface area contributed by atoms with Crippen molar-refractivity contribution in [1.82, 2.24) is 0 Å². The fraction of sp³-hybridized carbons (Fsp3) is 0.250. The average molecular weight is 237 g/mol. The number of hydrogen-bond acceptors (Lipinski definition) is 1. The van der Waals surface area contributed by atoms with E-state index in [1.165, 1.54) is 13.0 Å². The van der Waals surface area contributed by atoms with Crippen LogP contribution >= 0.6 is 15.9 Å². The van der Waals surface area contributed by atoms with E-state index in [0.717, 1.165) is 6.07 Å². The molecular weight excluding hydrogens is 230 g/mol. The summed E-state index contributed by atoms with van der Waals surface area (Å²) in [7, 11) is 0. The third kappa shape index (κ3) is 1.64. The maximum atomic E-state index is 12.8. The first kappa shape index (κ1) is 9.61. The molecule has 0 spiro atoms. The summed E-state index contributed by atoms with van der Waals surface area (Å²) >= 11 is 2.86. The Hall–Kier alpha value is -0.480. The van der Waals surface area contributed by atoms with Gasteiger partial charge in [0.05, 0.1) is 10.6 Å². The van der Waals surface area contributed by atoms with Crippen LogP contribution in [-0.2, 0) is 0 Å². The van der Waals surface area contributed by atoms with E-state index in [4.69, 9.17) is 5.11 Å². The molecular formula is C8H7BrF2O. The first-order valence-corrected chi connectivity index (χ1v) is 4.14. The molecule has 12 heavy (non-hydrogen) atoms. The summed E-state index contributed by atoms with van der Waals surface area (Å²) in [4.78, 5) is 0. The van der Waals surface area contributed by atoms with E-state index in [0.29, 0.717) is 5.56 Å². The monoisotopic (exact) mass is 236 g/mol. The first-order valence-electron chi connectivity index (χ1n) is 3.35. The van der Waals surface area contributed by atoms with Crippen molar-refractivity contribution in [3.8, 4) is 0 Å². The lowest BCUT2D eigenvalue weighted by molar-refractivity contribution is 0.197. The zero-order chi connectivity index (χ0) is 9.30. The normalized spacial score (nSPS) is 13.1. The number of aliphatic hydroxyl groups is 1. The molecule has 1 nitrogen and oxygen atoms in total. The quantitative estimate of drug-likeness (QED) is 0.744. The van der Waals surface area contributed by atoms with E-state index in [9.17, 15) is 8.78 Å². The first-order chi connectivity index (χ1) is 5.54. The fourth-order valence-electron chi connectivity index (χ4n) is 0.863. The maximum Gasteiger partial charge on any atom is 0.173 e. The predicted molar refractivity (Wildman–Crippen MR) is 44.7 cm³/mol. The van der Waals surface area contributed by atoms with Gasteiger partial charge >= 0.3 is 0 Å². The van der Waals surface area contributed by atoms with Gasteiger partial charge in [-0.1, -0.05) is 6.07 Å². The van der Waals surface area contributed by atoms with E-state index in [1.54, 1.807) is 0 Å². The van der Waals surface area contributed by atoms with Gasteiger partial charge in [-0.2, -0.15) is 0 Å². The van der Waals surface area contributed by atoms with Gasteiger partial charge in [-0.15, -0.1) is 0 Å². The molecule has 1 aromatic carbocycles. The third-order valence-corrected chi connectivity index (χ3v) is 2.32. The molecule has 0 bridgehead atoms. The van der Waals surface area contributed by atoms with Gasteiger partial charge in [0, 0.05) is 0 Å². The molecule has 0 aliphatic carbocycles. The molecule has 1 unspecified atom stereocenters. The zero-order valence-corrected chi connectivity index (χ0v) is 7.90. The van der Waals surface area contributed by atoms with Crippen LogP contribution in [0.25, 0.3) is 0 Å². The van der Waals surface area contributed by atoms with Crippen LogP contribution in [-0.4, -0.2) is 5.11 Å². The van der Waals surface area contributed by atoms with Crippen LogP contribution in [0, 0.1) is 11.6 Å². The summed E-state index contributed by atoms with van der Waals surface area (Å²) in [6.45, 7) is 1.48. The SMILES string of the molecule is CC(O)c1ccc(F)c(F)c1Br. The molecule has 1 aromatic rings. The highest BCUT2D eigenvalue weighted by molar-refractivity contribution is 9.10. The Kier molecular flexibility index (Phi) is 2.80. The van der Waals surface area contributed by atoms with Crippen LogP contribution in [0.3, 0.4) is 0 Å². The summed E-state index contributed by atoms with van der Waals surface area (Å²) < 4.78 is 25.3. The van der Waals surface area contributed by atoms with Crippen molar-refractivity contribution in [2.24, 2.45) is 0 Å². The Labute approximate surface area is 77.2 Å². The van der Waals surface area contributed by atoms with Crippen LogP contribution in [0.4, 0.5) is 8.78 Å². The van der Waals surface area contributed by atoms with Crippen LogP contribution in [0.1, 0.15) is 18.6 Å². The fourth-order valence-corrected chi connectivity index (χ4v) is 1.52. The molecule has 0 heterocycles. The van der Waals surface area contributed by atoms with Crippen LogP contribution in [0.5, 0.6) is 0 Å². The lowest BCUT2D eigenvalue weighted by Gasteiger charge is -2.07. The molecule has 0 amide bonds. The van der Waals surface area contributed by atoms with Crippen molar-refractivity contribution < 1.29 is 13.9 Å². The topological polar surface area (TPSA) is 20.2 Å². The minimum atomic E-state index is -0.964. The molecule has 0 aromatic heterocycles. The van der Waals surface area contributed by atoms with Crippen LogP contribution in [0.15, 0.2) is 16.6 Å². The molecule has 0 saturated heterocycles. The van der Waals surface area contributed by atoms with Crippen molar-refractivity contribution in [3.05, 3.63) is 33.8 Å². The molecule has 0 aliphatic heterocycles. The lowest BCUT2D eigenvalue weighted by Crippen LogP contribution is -1.96. The van der Waals surface area contributed by atoms with Crippen molar-refractivity contribution in [1.29, 1.82) is 0 Å². The van der Waals surface area contributed by atoms with Gasteiger partial charge in [-0.3, -0.25) is 0 Å².